The molecule has 0 aromatic heterocycles. The molecule has 1 aliphatic heterocycles. The van der Waals surface area contributed by atoms with Crippen LogP contribution in [-0.2, 0) is 18.7 Å². The molecule has 8 heteroatoms. The number of hydrogen-bond acceptors (Lipinski definition) is 5. The average Bonchev–Trinajstić information content (AvgIpc) is 3.27. The number of Topliss-reactive ketones (excluding diaryl/α,β-unsaturated/α-hetero) is 1. The zero-order valence-corrected chi connectivity index (χ0v) is 24.6. The number of carbonyl (C=O) groups is 4. The molecule has 0 saturated carbocycles. The minimum atomic E-state index is -0.895. The third kappa shape index (κ3) is 3.73. The summed E-state index contributed by atoms with van der Waals surface area (Å²) in [4.78, 5) is 55.5. The highest BCUT2D eigenvalue weighted by Gasteiger charge is 2.67. The Morgan fingerprint density at radius 3 is 2.02 bits per heavy atom. The first kappa shape index (κ1) is 26.0. The van der Waals surface area contributed by atoms with Crippen molar-refractivity contribution >= 4 is 61.1 Å². The lowest BCUT2D eigenvalue weighted by Crippen LogP contribution is -2.50. The van der Waals surface area contributed by atoms with Gasteiger partial charge in [-0.15, -0.1) is 0 Å². The summed E-state index contributed by atoms with van der Waals surface area (Å²) < 4.78 is 5.31. The van der Waals surface area contributed by atoms with E-state index in [0.717, 1.165) is 31.6 Å². The van der Waals surface area contributed by atoms with Crippen molar-refractivity contribution in [2.75, 3.05) is 11.5 Å². The summed E-state index contributed by atoms with van der Waals surface area (Å²) in [6, 6.07) is 29.0. The second-order valence-electron chi connectivity index (χ2n) is 10.4. The van der Waals surface area contributed by atoms with Crippen LogP contribution in [0.1, 0.15) is 48.9 Å². The molecule has 8 rings (SSSR count). The molecular formula is C33H21Br2NO5. The van der Waals surface area contributed by atoms with Crippen LogP contribution in [0, 0.1) is 11.8 Å². The van der Waals surface area contributed by atoms with Gasteiger partial charge in [0.1, 0.15) is 0 Å². The van der Waals surface area contributed by atoms with Gasteiger partial charge < -0.3 is 4.74 Å². The fourth-order valence-electron chi connectivity index (χ4n) is 6.69. The highest BCUT2D eigenvalue weighted by atomic mass is 79.9. The molecule has 0 N–H and O–H groups in total. The Balaban J connectivity index is 1.25. The topological polar surface area (TPSA) is 80.8 Å². The number of esters is 1. The monoisotopic (exact) mass is 669 g/mol. The summed E-state index contributed by atoms with van der Waals surface area (Å²) in [5, 5.41) is 0. The molecule has 1 saturated heterocycles. The van der Waals surface area contributed by atoms with E-state index in [1.807, 2.05) is 48.5 Å². The van der Waals surface area contributed by atoms with Gasteiger partial charge in [-0.05, 0) is 46.5 Å². The lowest BCUT2D eigenvalue weighted by atomic mass is 9.55. The van der Waals surface area contributed by atoms with Crippen LogP contribution in [0.4, 0.5) is 5.69 Å². The number of hydrogen-bond donors (Lipinski definition) is 0. The maximum absolute atomic E-state index is 14.3. The lowest BCUT2D eigenvalue weighted by Gasteiger charge is -2.51. The number of ether oxygens (including phenoxy) is 1. The predicted molar refractivity (Wildman–Crippen MR) is 159 cm³/mol. The maximum Gasteiger partial charge on any atom is 0.340 e. The molecule has 4 aliphatic rings. The van der Waals surface area contributed by atoms with Crippen molar-refractivity contribution in [3.05, 3.63) is 135 Å². The Hall–Kier alpha value is -3.88. The van der Waals surface area contributed by atoms with Crippen LogP contribution in [0.5, 0.6) is 0 Å². The second-order valence-corrected chi connectivity index (χ2v) is 12.6. The third-order valence-electron chi connectivity index (χ3n) is 8.38. The van der Waals surface area contributed by atoms with E-state index >= 15 is 0 Å². The molecule has 4 aromatic carbocycles. The van der Waals surface area contributed by atoms with Crippen LogP contribution in [0.15, 0.2) is 102 Å². The number of benzene rings is 4. The molecule has 2 atom stereocenters. The van der Waals surface area contributed by atoms with E-state index in [2.05, 4.69) is 31.9 Å². The summed E-state index contributed by atoms with van der Waals surface area (Å²) in [6.07, 6.45) is 0. The Bertz CT molecular complexity index is 1740. The van der Waals surface area contributed by atoms with Crippen LogP contribution in [0.25, 0.3) is 0 Å². The van der Waals surface area contributed by atoms with Gasteiger partial charge in [-0.25, -0.2) is 9.69 Å². The van der Waals surface area contributed by atoms with E-state index in [1.54, 1.807) is 42.5 Å². The van der Waals surface area contributed by atoms with E-state index < -0.39 is 28.7 Å². The average molecular weight is 671 g/mol. The van der Waals surface area contributed by atoms with Crippen molar-refractivity contribution < 1.29 is 23.9 Å². The molecule has 1 heterocycles. The van der Waals surface area contributed by atoms with Crippen molar-refractivity contribution in [3.63, 3.8) is 0 Å². The molecule has 0 unspecified atom stereocenters. The number of anilines is 1. The quantitative estimate of drug-likeness (QED) is 0.106. The minimum absolute atomic E-state index is 0.0439. The molecule has 4 aromatic rings. The molecule has 0 spiro atoms. The van der Waals surface area contributed by atoms with Crippen LogP contribution in [0.3, 0.4) is 0 Å². The van der Waals surface area contributed by atoms with Gasteiger partial charge in [-0.2, -0.15) is 0 Å². The number of imide groups is 1. The van der Waals surface area contributed by atoms with E-state index in [-0.39, 0.29) is 34.8 Å². The number of carbonyl (C=O) groups excluding carboxylic acids is 4. The number of rotatable bonds is 5. The summed E-state index contributed by atoms with van der Waals surface area (Å²) >= 11 is 7.32. The number of halogens is 2. The van der Waals surface area contributed by atoms with Crippen molar-refractivity contribution in [1.82, 2.24) is 0 Å². The van der Waals surface area contributed by atoms with Crippen LogP contribution in [-0.4, -0.2) is 30.2 Å². The first-order valence-corrected chi connectivity index (χ1v) is 14.7. The molecule has 6 nitrogen and oxygen atoms in total. The summed E-state index contributed by atoms with van der Waals surface area (Å²) in [5.41, 5.74) is 4.60. The van der Waals surface area contributed by atoms with Crippen LogP contribution in [0.2, 0.25) is 0 Å². The molecule has 2 bridgehead atoms. The van der Waals surface area contributed by atoms with Gasteiger partial charge in [0, 0.05) is 16.0 Å². The number of alkyl halides is 1. The molecule has 41 heavy (non-hydrogen) atoms. The predicted octanol–water partition coefficient (Wildman–Crippen LogP) is 6.39. The summed E-state index contributed by atoms with van der Waals surface area (Å²) in [6.45, 7) is -0.473. The lowest BCUT2D eigenvalue weighted by molar-refractivity contribution is -0.122. The number of nitrogens with zero attached hydrogens (tertiary/aromatic N) is 1. The van der Waals surface area contributed by atoms with Gasteiger partial charge in [0.05, 0.1) is 27.4 Å². The molecule has 0 radical (unpaired) electrons. The molecule has 3 aliphatic carbocycles. The van der Waals surface area contributed by atoms with Crippen LogP contribution < -0.4 is 4.90 Å². The first-order valence-electron chi connectivity index (χ1n) is 13.1. The standard InChI is InChI=1S/C33H21Br2NO5/c34-19-15-13-18(14-16-19)26(37)17-41-32(40)22-9-3-6-12-25(22)36-30(38)28-27-20-7-1-4-10-23(20)33(35,29(28)31(36)39)24-11-5-2-8-21(24)27/h1-16,27-29H,17H2/t27?,28-,29-,33?/m1/s1. The Labute approximate surface area is 252 Å². The van der Waals surface area contributed by atoms with Gasteiger partial charge in [0.15, 0.2) is 12.4 Å². The SMILES string of the molecule is O=C(COC(=O)c1ccccc1N1C(=O)[C@@H]2C3c4ccccc4C(Br)(c4ccccc43)[C@H]2C1=O)c1ccc(Br)cc1. The second kappa shape index (κ2) is 9.60. The normalized spacial score (nSPS) is 23.6. The van der Waals surface area contributed by atoms with Gasteiger partial charge >= 0.3 is 5.97 Å². The fraction of sp³-hybridized carbons (Fsp3) is 0.152. The molecule has 2 amide bonds. The number of para-hydroxylation sites is 1. The van der Waals surface area contributed by atoms with Crippen molar-refractivity contribution in [2.45, 2.75) is 10.2 Å². The van der Waals surface area contributed by atoms with E-state index in [4.69, 9.17) is 4.74 Å². The summed E-state index contributed by atoms with van der Waals surface area (Å²) in [5.74, 6) is -3.53. The molecule has 202 valence electrons. The third-order valence-corrected chi connectivity index (χ3v) is 10.3. The maximum atomic E-state index is 14.3. The smallest absolute Gasteiger partial charge is 0.340 e. The zero-order valence-electron chi connectivity index (χ0n) is 21.4. The zero-order chi connectivity index (χ0) is 28.5. The fourth-order valence-corrected chi connectivity index (χ4v) is 8.15. The van der Waals surface area contributed by atoms with E-state index in [9.17, 15) is 19.2 Å². The van der Waals surface area contributed by atoms with E-state index in [0.29, 0.717) is 5.56 Å². The Kier molecular flexibility index (Phi) is 6.10. The Morgan fingerprint density at radius 1 is 0.780 bits per heavy atom. The first-order chi connectivity index (χ1) is 19.8. The van der Waals surface area contributed by atoms with Gasteiger partial charge in [0.25, 0.3) is 0 Å². The van der Waals surface area contributed by atoms with Gasteiger partial charge in [-0.3, -0.25) is 14.4 Å². The Morgan fingerprint density at radius 2 is 1.37 bits per heavy atom. The summed E-state index contributed by atoms with van der Waals surface area (Å²) in [7, 11) is 0. The number of amides is 2. The largest absolute Gasteiger partial charge is 0.454 e. The van der Waals surface area contributed by atoms with Crippen molar-refractivity contribution in [1.29, 1.82) is 0 Å². The molecular weight excluding hydrogens is 650 g/mol. The van der Waals surface area contributed by atoms with Crippen molar-refractivity contribution in [3.8, 4) is 0 Å². The number of ketones is 1. The van der Waals surface area contributed by atoms with Crippen LogP contribution >= 0.6 is 31.9 Å². The van der Waals surface area contributed by atoms with Gasteiger partial charge in [-0.1, -0.05) is 105 Å². The minimum Gasteiger partial charge on any atom is -0.454 e. The highest BCUT2D eigenvalue weighted by Crippen LogP contribution is 2.66. The van der Waals surface area contributed by atoms with Crippen molar-refractivity contribution in [2.24, 2.45) is 11.8 Å². The molecule has 1 fully saturated rings. The van der Waals surface area contributed by atoms with Gasteiger partial charge in [0.2, 0.25) is 11.8 Å². The van der Waals surface area contributed by atoms with E-state index in [1.165, 1.54) is 6.07 Å². The highest BCUT2D eigenvalue weighted by molar-refractivity contribution is 9.10.